The molecule has 1 aromatic heterocycles. The number of halogens is 1. The molecule has 29 heavy (non-hydrogen) atoms. The lowest BCUT2D eigenvalue weighted by atomic mass is 9.82. The molecule has 1 heterocycles. The Morgan fingerprint density at radius 1 is 1.17 bits per heavy atom. The largest absolute Gasteiger partial charge is 0.414 e. The number of imidazole rings is 1. The van der Waals surface area contributed by atoms with Crippen LogP contribution in [0.2, 0.25) is 18.1 Å². The predicted molar refractivity (Wildman–Crippen MR) is 133 cm³/mol. The molecule has 1 aromatic carbocycles. The zero-order valence-electron chi connectivity index (χ0n) is 18.7. The third-order valence-corrected chi connectivity index (χ3v) is 12.5. The third-order valence-electron chi connectivity index (χ3n) is 7.03. The number of nitrogens with zero attached hydrogens (tertiary/aromatic N) is 2. The van der Waals surface area contributed by atoms with Gasteiger partial charge in [0.25, 0.3) is 0 Å². The fraction of sp³-hybridized carbons (Fsp3) is 0.625. The van der Waals surface area contributed by atoms with Crippen molar-refractivity contribution in [1.29, 1.82) is 0 Å². The smallest absolute Gasteiger partial charge is 0.192 e. The van der Waals surface area contributed by atoms with Crippen LogP contribution in [0.4, 0.5) is 0 Å². The molecule has 5 heteroatoms. The average molecular weight is 525 g/mol. The van der Waals surface area contributed by atoms with Gasteiger partial charge in [-0.2, -0.15) is 0 Å². The molecular weight excluding hydrogens is 487 g/mol. The van der Waals surface area contributed by atoms with Gasteiger partial charge >= 0.3 is 0 Å². The molecule has 2 aromatic rings. The van der Waals surface area contributed by atoms with E-state index in [-0.39, 0.29) is 11.1 Å². The van der Waals surface area contributed by atoms with Crippen molar-refractivity contribution in [2.24, 2.45) is 5.92 Å². The standard InChI is InChI=1S/C24H37IN2OSi/c1-24(2,3)29(4,5)28-23(19-11-7-6-8-12-19)17-22(27-16-15-26-18-27)20-13-9-10-14-21(20)25/h9-10,13-16,18-19,22-23H,6-8,11-12,17H2,1-5H3. The van der Waals surface area contributed by atoms with E-state index >= 15 is 0 Å². The molecule has 0 aliphatic heterocycles. The lowest BCUT2D eigenvalue weighted by Crippen LogP contribution is -2.46. The van der Waals surface area contributed by atoms with Crippen molar-refractivity contribution in [3.05, 3.63) is 52.1 Å². The van der Waals surface area contributed by atoms with Gasteiger partial charge in [0.15, 0.2) is 8.32 Å². The van der Waals surface area contributed by atoms with Crippen LogP contribution < -0.4 is 0 Å². The average Bonchev–Trinajstić information content (AvgIpc) is 3.20. The number of hydrogen-bond acceptors (Lipinski definition) is 2. The van der Waals surface area contributed by atoms with Crippen molar-refractivity contribution in [3.63, 3.8) is 0 Å². The van der Waals surface area contributed by atoms with Crippen LogP contribution in [0.5, 0.6) is 0 Å². The van der Waals surface area contributed by atoms with Crippen molar-refractivity contribution in [1.82, 2.24) is 9.55 Å². The van der Waals surface area contributed by atoms with E-state index in [1.165, 1.54) is 41.2 Å². The molecule has 0 radical (unpaired) electrons. The summed E-state index contributed by atoms with van der Waals surface area (Å²) in [5.41, 5.74) is 1.38. The van der Waals surface area contributed by atoms with Crippen LogP contribution in [0.3, 0.4) is 0 Å². The SMILES string of the molecule is CC(C)(C)[Si](C)(C)OC(CC(c1ccccc1I)n1ccnc1)C1CCCCC1. The Balaban J connectivity index is 1.93. The molecule has 2 atom stereocenters. The summed E-state index contributed by atoms with van der Waals surface area (Å²) in [4.78, 5) is 4.36. The van der Waals surface area contributed by atoms with Crippen LogP contribution in [-0.4, -0.2) is 24.0 Å². The van der Waals surface area contributed by atoms with Crippen LogP contribution in [0.15, 0.2) is 43.0 Å². The topological polar surface area (TPSA) is 27.1 Å². The van der Waals surface area contributed by atoms with Gasteiger partial charge < -0.3 is 8.99 Å². The highest BCUT2D eigenvalue weighted by Gasteiger charge is 2.41. The van der Waals surface area contributed by atoms with Crippen LogP contribution >= 0.6 is 22.6 Å². The van der Waals surface area contributed by atoms with E-state index in [1.54, 1.807) is 0 Å². The van der Waals surface area contributed by atoms with E-state index < -0.39 is 8.32 Å². The molecule has 0 N–H and O–H groups in total. The Hall–Kier alpha value is -0.663. The molecule has 3 nitrogen and oxygen atoms in total. The van der Waals surface area contributed by atoms with Crippen molar-refractivity contribution in [3.8, 4) is 0 Å². The fourth-order valence-corrected chi connectivity index (χ4v) is 6.37. The Kier molecular flexibility index (Phi) is 7.65. The van der Waals surface area contributed by atoms with Gasteiger partial charge in [0.05, 0.1) is 18.5 Å². The highest BCUT2D eigenvalue weighted by atomic mass is 127. The fourth-order valence-electron chi connectivity index (χ4n) is 4.23. The van der Waals surface area contributed by atoms with E-state index in [4.69, 9.17) is 4.43 Å². The van der Waals surface area contributed by atoms with Crippen LogP contribution in [0.25, 0.3) is 0 Å². The van der Waals surface area contributed by atoms with Crippen molar-refractivity contribution < 1.29 is 4.43 Å². The predicted octanol–water partition coefficient (Wildman–Crippen LogP) is 7.44. The quantitative estimate of drug-likeness (QED) is 0.278. The summed E-state index contributed by atoms with van der Waals surface area (Å²) in [5.74, 6) is 0.672. The van der Waals surface area contributed by atoms with Gasteiger partial charge in [-0.25, -0.2) is 4.98 Å². The molecule has 0 saturated heterocycles. The van der Waals surface area contributed by atoms with Crippen LogP contribution in [-0.2, 0) is 4.43 Å². The molecule has 1 fully saturated rings. The van der Waals surface area contributed by atoms with Gasteiger partial charge in [-0.1, -0.05) is 58.2 Å². The van der Waals surface area contributed by atoms with E-state index in [2.05, 4.69) is 96.5 Å². The minimum atomic E-state index is -1.84. The number of rotatable bonds is 7. The monoisotopic (exact) mass is 524 g/mol. The highest BCUT2D eigenvalue weighted by molar-refractivity contribution is 14.1. The lowest BCUT2D eigenvalue weighted by Gasteiger charge is -2.43. The van der Waals surface area contributed by atoms with E-state index in [9.17, 15) is 0 Å². The summed E-state index contributed by atoms with van der Waals surface area (Å²) in [7, 11) is -1.84. The van der Waals surface area contributed by atoms with Gasteiger partial charge in [0.1, 0.15) is 0 Å². The summed E-state index contributed by atoms with van der Waals surface area (Å²) in [5, 5.41) is 0.228. The van der Waals surface area contributed by atoms with Gasteiger partial charge in [-0.15, -0.1) is 0 Å². The van der Waals surface area contributed by atoms with E-state index in [0.29, 0.717) is 12.0 Å². The molecule has 1 aliphatic carbocycles. The molecule has 2 unspecified atom stereocenters. The second-order valence-corrected chi connectivity index (χ2v) is 16.0. The summed E-state index contributed by atoms with van der Waals surface area (Å²) >= 11 is 2.48. The maximum Gasteiger partial charge on any atom is 0.192 e. The zero-order chi connectivity index (χ0) is 21.1. The highest BCUT2D eigenvalue weighted by Crippen LogP contribution is 2.42. The Bertz CT molecular complexity index is 763. The molecule has 0 spiro atoms. The van der Waals surface area contributed by atoms with Gasteiger partial charge in [0, 0.05) is 16.0 Å². The molecular formula is C24H37IN2OSi. The van der Waals surface area contributed by atoms with Crippen molar-refractivity contribution in [2.45, 2.75) is 89.6 Å². The second-order valence-electron chi connectivity index (χ2n) is 10.1. The van der Waals surface area contributed by atoms with E-state index in [1.807, 2.05) is 12.5 Å². The number of aromatic nitrogens is 2. The first-order chi connectivity index (χ1) is 13.7. The summed E-state index contributed by atoms with van der Waals surface area (Å²) in [6.07, 6.45) is 14.0. The van der Waals surface area contributed by atoms with Crippen molar-refractivity contribution >= 4 is 30.9 Å². The maximum absolute atomic E-state index is 7.13. The van der Waals surface area contributed by atoms with Crippen LogP contribution in [0.1, 0.15) is 70.9 Å². The minimum absolute atomic E-state index is 0.228. The second kappa shape index (κ2) is 9.65. The van der Waals surface area contributed by atoms with E-state index in [0.717, 1.165) is 6.42 Å². The van der Waals surface area contributed by atoms with Gasteiger partial charge in [0.2, 0.25) is 0 Å². The summed E-state index contributed by atoms with van der Waals surface area (Å²) < 4.78 is 10.7. The first-order valence-corrected chi connectivity index (χ1v) is 15.1. The summed E-state index contributed by atoms with van der Waals surface area (Å²) in [6, 6.07) is 9.04. The Morgan fingerprint density at radius 3 is 2.45 bits per heavy atom. The zero-order valence-corrected chi connectivity index (χ0v) is 21.9. The molecule has 1 saturated carbocycles. The number of benzene rings is 1. The molecule has 1 aliphatic rings. The van der Waals surface area contributed by atoms with Gasteiger partial charge in [-0.05, 0) is 77.5 Å². The minimum Gasteiger partial charge on any atom is -0.414 e. The third kappa shape index (κ3) is 5.73. The van der Waals surface area contributed by atoms with Crippen molar-refractivity contribution in [2.75, 3.05) is 0 Å². The molecule has 160 valence electrons. The summed E-state index contributed by atoms with van der Waals surface area (Å²) in [6.45, 7) is 11.9. The Labute approximate surface area is 191 Å². The molecule has 0 amide bonds. The molecule has 0 bridgehead atoms. The lowest BCUT2D eigenvalue weighted by molar-refractivity contribution is 0.0767. The first-order valence-electron chi connectivity index (χ1n) is 11.1. The maximum atomic E-state index is 7.13. The first kappa shape index (κ1) is 23.0. The van der Waals surface area contributed by atoms with Crippen LogP contribution in [0, 0.1) is 9.49 Å². The van der Waals surface area contributed by atoms with Gasteiger partial charge in [-0.3, -0.25) is 0 Å². The normalized spacial score (nSPS) is 18.6. The Morgan fingerprint density at radius 2 is 1.86 bits per heavy atom. The number of hydrogen-bond donors (Lipinski definition) is 0. The molecule has 3 rings (SSSR count).